The van der Waals surface area contributed by atoms with E-state index in [9.17, 15) is 14.4 Å². The van der Waals surface area contributed by atoms with Gasteiger partial charge in [0, 0.05) is 12.2 Å². The highest BCUT2D eigenvalue weighted by atomic mass is 16.5. The number of aliphatic carboxylic acids is 1. The van der Waals surface area contributed by atoms with Crippen molar-refractivity contribution >= 4 is 23.8 Å². The molecule has 11 nitrogen and oxygen atoms in total. The summed E-state index contributed by atoms with van der Waals surface area (Å²) in [4.78, 5) is 41.6. The predicted octanol–water partition coefficient (Wildman–Crippen LogP) is -1.92. The van der Waals surface area contributed by atoms with Crippen LogP contribution in [0.5, 0.6) is 0 Å². The average molecular weight is 285 g/mol. The lowest BCUT2D eigenvalue weighted by atomic mass is 10.5. The van der Waals surface area contributed by atoms with Gasteiger partial charge in [0.05, 0.1) is 0 Å². The van der Waals surface area contributed by atoms with Gasteiger partial charge in [0.25, 0.3) is 0 Å². The third-order valence-corrected chi connectivity index (χ3v) is 1.70. The predicted molar refractivity (Wildman–Crippen MR) is 64.7 cm³/mol. The maximum Gasteiger partial charge on any atom is 0.350 e. The molecule has 108 valence electrons. The number of hydrogen-bond donors (Lipinski definition) is 5. The number of rotatable bonds is 7. The summed E-state index contributed by atoms with van der Waals surface area (Å²) in [7, 11) is 0. The van der Waals surface area contributed by atoms with E-state index in [0.29, 0.717) is 6.08 Å². The Kier molecular flexibility index (Phi) is 5.65. The third kappa shape index (κ3) is 5.59. The van der Waals surface area contributed by atoms with Gasteiger partial charge < -0.3 is 25.6 Å². The van der Waals surface area contributed by atoms with Gasteiger partial charge >= 0.3 is 17.6 Å². The minimum absolute atomic E-state index is 0.0212. The Morgan fingerprint density at radius 3 is 2.70 bits per heavy atom. The number of esters is 1. The van der Waals surface area contributed by atoms with Crippen molar-refractivity contribution in [3.8, 4) is 0 Å². The van der Waals surface area contributed by atoms with E-state index >= 15 is 0 Å². The highest BCUT2D eigenvalue weighted by molar-refractivity contribution is 5.90. The van der Waals surface area contributed by atoms with E-state index in [2.05, 4.69) is 30.3 Å². The van der Waals surface area contributed by atoms with Gasteiger partial charge in [-0.1, -0.05) is 0 Å². The number of carbonyl (C=O) groups excluding carboxylic acids is 1. The Hall–Kier alpha value is -2.95. The van der Waals surface area contributed by atoms with E-state index < -0.39 is 24.4 Å². The van der Waals surface area contributed by atoms with Crippen molar-refractivity contribution in [1.29, 1.82) is 0 Å². The van der Waals surface area contributed by atoms with E-state index in [4.69, 9.17) is 10.2 Å². The first-order chi connectivity index (χ1) is 9.51. The third-order valence-electron chi connectivity index (χ3n) is 1.70. The second-order valence-corrected chi connectivity index (χ2v) is 3.12. The standard InChI is InChI=1S/C9H11N5O6/c15-3-10-7-12-8(14-9(19)13-7)11-4-20-6(18)2-1-5(16)17/h1-2,15H,3-4H2,(H,16,17)(H3,10,11,12,13,14,19). The summed E-state index contributed by atoms with van der Waals surface area (Å²) < 4.78 is 4.57. The van der Waals surface area contributed by atoms with Gasteiger partial charge in [0.1, 0.15) is 6.73 Å². The van der Waals surface area contributed by atoms with Crippen LogP contribution in [0, 0.1) is 0 Å². The van der Waals surface area contributed by atoms with Crippen LogP contribution in [-0.4, -0.2) is 50.6 Å². The zero-order valence-corrected chi connectivity index (χ0v) is 9.99. The van der Waals surface area contributed by atoms with E-state index in [0.717, 1.165) is 6.08 Å². The SMILES string of the molecule is O=C(O)C=CC(=O)OCNc1nc(NCO)[nH]c(=O)n1. The number of aromatic nitrogens is 3. The summed E-state index contributed by atoms with van der Waals surface area (Å²) >= 11 is 0. The minimum atomic E-state index is -1.28. The number of carbonyl (C=O) groups is 2. The smallest absolute Gasteiger partial charge is 0.350 e. The molecule has 0 aliphatic carbocycles. The van der Waals surface area contributed by atoms with Crippen LogP contribution in [0.2, 0.25) is 0 Å². The Morgan fingerprint density at radius 1 is 1.30 bits per heavy atom. The van der Waals surface area contributed by atoms with Gasteiger partial charge in [-0.3, -0.25) is 4.98 Å². The molecule has 0 spiro atoms. The van der Waals surface area contributed by atoms with E-state index in [1.807, 2.05) is 0 Å². The molecule has 0 amide bonds. The summed E-state index contributed by atoms with van der Waals surface area (Å²) in [5.74, 6) is -2.34. The van der Waals surface area contributed by atoms with Crippen molar-refractivity contribution in [2.75, 3.05) is 24.1 Å². The average Bonchev–Trinajstić information content (AvgIpc) is 2.36. The molecule has 1 rings (SSSR count). The number of carboxylic acids is 1. The second kappa shape index (κ2) is 7.48. The molecule has 11 heteroatoms. The number of nitrogens with zero attached hydrogens (tertiary/aromatic N) is 2. The number of nitrogens with one attached hydrogen (secondary N) is 3. The van der Waals surface area contributed by atoms with Crippen molar-refractivity contribution in [3.05, 3.63) is 22.6 Å². The number of anilines is 2. The van der Waals surface area contributed by atoms with E-state index in [-0.39, 0.29) is 18.6 Å². The molecule has 0 aromatic carbocycles. The largest absolute Gasteiger partial charge is 0.478 e. The number of ether oxygens (including phenoxy) is 1. The molecule has 0 aliphatic rings. The summed E-state index contributed by atoms with van der Waals surface area (Å²) in [6, 6.07) is 0. The first-order valence-electron chi connectivity index (χ1n) is 5.16. The summed E-state index contributed by atoms with van der Waals surface area (Å²) in [6.45, 7) is -0.813. The van der Waals surface area contributed by atoms with Gasteiger partial charge in [0.15, 0.2) is 6.73 Å². The fourth-order valence-electron chi connectivity index (χ4n) is 0.981. The van der Waals surface area contributed by atoms with Gasteiger partial charge in [-0.25, -0.2) is 14.4 Å². The molecule has 0 aliphatic heterocycles. The number of hydrogen-bond acceptors (Lipinski definition) is 9. The number of H-pyrrole nitrogens is 1. The molecular weight excluding hydrogens is 274 g/mol. The lowest BCUT2D eigenvalue weighted by Gasteiger charge is -2.06. The Bertz CT molecular complexity index is 568. The van der Waals surface area contributed by atoms with Gasteiger partial charge in [0.2, 0.25) is 11.9 Å². The molecule has 20 heavy (non-hydrogen) atoms. The first kappa shape index (κ1) is 15.1. The van der Waals surface area contributed by atoms with Crippen molar-refractivity contribution in [2.24, 2.45) is 0 Å². The molecule has 0 bridgehead atoms. The van der Waals surface area contributed by atoms with Crippen molar-refractivity contribution in [3.63, 3.8) is 0 Å². The van der Waals surface area contributed by atoms with Crippen LogP contribution in [-0.2, 0) is 14.3 Å². The van der Waals surface area contributed by atoms with E-state index in [1.165, 1.54) is 0 Å². The van der Waals surface area contributed by atoms with E-state index in [1.54, 1.807) is 0 Å². The highest BCUT2D eigenvalue weighted by Gasteiger charge is 2.03. The number of aromatic amines is 1. The molecule has 0 unspecified atom stereocenters. The number of carboxylic acid groups (broad SMARTS) is 1. The number of aliphatic hydroxyl groups is 1. The zero-order valence-electron chi connectivity index (χ0n) is 9.99. The summed E-state index contributed by atoms with van der Waals surface area (Å²) in [5.41, 5.74) is -0.726. The Balaban J connectivity index is 2.51. The van der Waals surface area contributed by atoms with Crippen molar-refractivity contribution in [2.45, 2.75) is 0 Å². The quantitative estimate of drug-likeness (QED) is 0.216. The molecule has 1 heterocycles. The molecule has 0 fully saturated rings. The van der Waals surface area contributed by atoms with Crippen LogP contribution in [0.1, 0.15) is 0 Å². The van der Waals surface area contributed by atoms with Crippen LogP contribution in [0.3, 0.4) is 0 Å². The maximum absolute atomic E-state index is 11.1. The van der Waals surface area contributed by atoms with Crippen molar-refractivity contribution in [1.82, 2.24) is 15.0 Å². The lowest BCUT2D eigenvalue weighted by molar-refractivity contribution is -0.138. The second-order valence-electron chi connectivity index (χ2n) is 3.12. The topological polar surface area (TPSA) is 167 Å². The normalized spacial score (nSPS) is 10.2. The van der Waals surface area contributed by atoms with Gasteiger partial charge in [-0.05, 0) is 0 Å². The first-order valence-corrected chi connectivity index (χ1v) is 5.16. The monoisotopic (exact) mass is 285 g/mol. The fraction of sp³-hybridized carbons (Fsp3) is 0.222. The summed E-state index contributed by atoms with van der Waals surface area (Å²) in [5, 5.41) is 21.7. The number of aliphatic hydroxyl groups excluding tert-OH is 1. The van der Waals surface area contributed by atoms with Crippen molar-refractivity contribution < 1.29 is 24.5 Å². The highest BCUT2D eigenvalue weighted by Crippen LogP contribution is 1.98. The molecule has 1 aromatic heterocycles. The minimum Gasteiger partial charge on any atom is -0.478 e. The molecular formula is C9H11N5O6. The van der Waals surface area contributed by atoms with Gasteiger partial charge in [-0.2, -0.15) is 9.97 Å². The Morgan fingerprint density at radius 2 is 2.05 bits per heavy atom. The molecule has 1 aromatic rings. The lowest BCUT2D eigenvalue weighted by Crippen LogP contribution is -2.20. The molecule has 0 radical (unpaired) electrons. The van der Waals surface area contributed by atoms with Crippen LogP contribution in [0.4, 0.5) is 11.9 Å². The molecule has 5 N–H and O–H groups in total. The van der Waals surface area contributed by atoms with Crippen LogP contribution in [0.15, 0.2) is 16.9 Å². The van der Waals surface area contributed by atoms with Crippen LogP contribution >= 0.6 is 0 Å². The molecule has 0 saturated heterocycles. The van der Waals surface area contributed by atoms with Crippen LogP contribution < -0.4 is 16.3 Å². The fourth-order valence-corrected chi connectivity index (χ4v) is 0.981. The summed E-state index contributed by atoms with van der Waals surface area (Å²) in [6.07, 6.45) is 1.34. The zero-order chi connectivity index (χ0) is 15.0. The Labute approximate surface area is 111 Å². The van der Waals surface area contributed by atoms with Crippen LogP contribution in [0.25, 0.3) is 0 Å². The molecule has 0 saturated carbocycles. The van der Waals surface area contributed by atoms with Gasteiger partial charge in [-0.15, -0.1) is 0 Å². The maximum atomic E-state index is 11.1. The molecule has 0 atom stereocenters.